The van der Waals surface area contributed by atoms with Crippen molar-refractivity contribution in [1.29, 1.82) is 0 Å². The van der Waals surface area contributed by atoms with Crippen molar-refractivity contribution in [1.82, 2.24) is 9.91 Å². The molecule has 0 unspecified atom stereocenters. The fourth-order valence-corrected chi connectivity index (χ4v) is 3.99. The Morgan fingerprint density at radius 2 is 1.78 bits per heavy atom. The molecule has 1 atom stereocenters. The number of hydrogen-bond acceptors (Lipinski definition) is 3. The molecule has 27 heavy (non-hydrogen) atoms. The molecule has 0 bridgehead atoms. The fraction of sp³-hybridized carbons (Fsp3) is 0.391. The highest BCUT2D eigenvalue weighted by Gasteiger charge is 2.33. The van der Waals surface area contributed by atoms with Gasteiger partial charge >= 0.3 is 0 Å². The summed E-state index contributed by atoms with van der Waals surface area (Å²) in [7, 11) is 0. The number of carbonyl (C=O) groups is 1. The lowest BCUT2D eigenvalue weighted by Crippen LogP contribution is -2.36. The van der Waals surface area contributed by atoms with Gasteiger partial charge in [0.1, 0.15) is 0 Å². The molecule has 1 amide bonds. The molecule has 1 fully saturated rings. The van der Waals surface area contributed by atoms with Crippen LogP contribution in [0.2, 0.25) is 0 Å². The Kier molecular flexibility index (Phi) is 5.08. The first kappa shape index (κ1) is 17.9. The number of nitrogens with zero attached hydrogens (tertiary/aromatic N) is 3. The summed E-state index contributed by atoms with van der Waals surface area (Å²) in [5.74, 6) is 0.102. The maximum Gasteiger partial charge on any atom is 0.257 e. The predicted octanol–water partition coefficient (Wildman–Crippen LogP) is 4.08. The van der Waals surface area contributed by atoms with Crippen molar-refractivity contribution in [3.63, 3.8) is 0 Å². The number of aryl methyl sites for hydroxylation is 2. The van der Waals surface area contributed by atoms with Gasteiger partial charge in [-0.3, -0.25) is 9.69 Å². The van der Waals surface area contributed by atoms with E-state index in [-0.39, 0.29) is 11.9 Å². The maximum absolute atomic E-state index is 13.1. The Morgan fingerprint density at radius 1 is 1.04 bits per heavy atom. The quantitative estimate of drug-likeness (QED) is 0.823. The van der Waals surface area contributed by atoms with E-state index in [0.29, 0.717) is 6.54 Å². The van der Waals surface area contributed by atoms with Crippen LogP contribution in [0.4, 0.5) is 0 Å². The summed E-state index contributed by atoms with van der Waals surface area (Å²) in [6.45, 7) is 6.68. The zero-order valence-electron chi connectivity index (χ0n) is 16.2. The second kappa shape index (κ2) is 7.65. The summed E-state index contributed by atoms with van der Waals surface area (Å²) < 4.78 is 0. The van der Waals surface area contributed by atoms with Gasteiger partial charge < -0.3 is 0 Å². The van der Waals surface area contributed by atoms with Gasteiger partial charge in [-0.1, -0.05) is 59.7 Å². The van der Waals surface area contributed by atoms with Crippen molar-refractivity contribution < 1.29 is 4.79 Å². The van der Waals surface area contributed by atoms with E-state index in [1.165, 1.54) is 24.0 Å². The highest BCUT2D eigenvalue weighted by Crippen LogP contribution is 2.33. The first-order valence-electron chi connectivity index (χ1n) is 9.85. The van der Waals surface area contributed by atoms with Crippen LogP contribution in [0.5, 0.6) is 0 Å². The van der Waals surface area contributed by atoms with Crippen molar-refractivity contribution in [2.45, 2.75) is 39.2 Å². The van der Waals surface area contributed by atoms with E-state index in [1.54, 1.807) is 5.01 Å². The van der Waals surface area contributed by atoms with Crippen LogP contribution in [-0.4, -0.2) is 41.2 Å². The zero-order valence-corrected chi connectivity index (χ0v) is 16.2. The topological polar surface area (TPSA) is 35.9 Å². The molecular formula is C23H27N3O. The Balaban J connectivity index is 1.62. The van der Waals surface area contributed by atoms with Crippen LogP contribution in [0.3, 0.4) is 0 Å². The molecule has 4 nitrogen and oxygen atoms in total. The molecule has 2 aliphatic rings. The van der Waals surface area contributed by atoms with Gasteiger partial charge in [-0.2, -0.15) is 5.10 Å². The zero-order chi connectivity index (χ0) is 18.8. The molecule has 0 aromatic heterocycles. The molecule has 1 saturated heterocycles. The van der Waals surface area contributed by atoms with Crippen LogP contribution >= 0.6 is 0 Å². The summed E-state index contributed by atoms with van der Waals surface area (Å²) in [5, 5.41) is 6.53. The fourth-order valence-electron chi connectivity index (χ4n) is 3.99. The molecule has 2 aromatic carbocycles. The van der Waals surface area contributed by atoms with Gasteiger partial charge in [0, 0.05) is 6.42 Å². The van der Waals surface area contributed by atoms with E-state index in [4.69, 9.17) is 5.10 Å². The van der Waals surface area contributed by atoms with Gasteiger partial charge in [0.05, 0.1) is 18.3 Å². The van der Waals surface area contributed by atoms with Crippen molar-refractivity contribution in [3.8, 4) is 0 Å². The van der Waals surface area contributed by atoms with Gasteiger partial charge in [-0.15, -0.1) is 0 Å². The number of benzene rings is 2. The van der Waals surface area contributed by atoms with Crippen LogP contribution < -0.4 is 0 Å². The lowest BCUT2D eigenvalue weighted by molar-refractivity contribution is -0.134. The number of amides is 1. The minimum atomic E-state index is -0.0174. The molecule has 0 radical (unpaired) electrons. The molecular weight excluding hydrogens is 334 g/mol. The van der Waals surface area contributed by atoms with E-state index in [2.05, 4.69) is 67.3 Å². The third kappa shape index (κ3) is 3.96. The lowest BCUT2D eigenvalue weighted by Gasteiger charge is -2.24. The Bertz CT molecular complexity index is 850. The smallest absolute Gasteiger partial charge is 0.257 e. The van der Waals surface area contributed by atoms with Crippen molar-refractivity contribution in [2.24, 2.45) is 5.10 Å². The van der Waals surface area contributed by atoms with E-state index in [0.717, 1.165) is 36.3 Å². The number of rotatable bonds is 4. The Morgan fingerprint density at radius 3 is 2.48 bits per heavy atom. The second-order valence-electron chi connectivity index (χ2n) is 7.77. The third-order valence-electron chi connectivity index (χ3n) is 5.54. The third-order valence-corrected chi connectivity index (χ3v) is 5.54. The molecule has 0 spiro atoms. The van der Waals surface area contributed by atoms with E-state index < -0.39 is 0 Å². The molecule has 140 valence electrons. The largest absolute Gasteiger partial charge is 0.294 e. The van der Waals surface area contributed by atoms with Crippen molar-refractivity contribution in [2.75, 3.05) is 19.6 Å². The summed E-state index contributed by atoms with van der Waals surface area (Å²) in [6.07, 6.45) is 3.14. The average Bonchev–Trinajstić information content (AvgIpc) is 3.32. The maximum atomic E-state index is 13.1. The normalized spacial score (nSPS) is 20.1. The van der Waals surface area contributed by atoms with Gasteiger partial charge in [0.25, 0.3) is 5.91 Å². The number of likely N-dealkylation sites (tertiary alicyclic amines) is 1. The van der Waals surface area contributed by atoms with Crippen LogP contribution in [0, 0.1) is 13.8 Å². The molecule has 2 heterocycles. The monoisotopic (exact) mass is 361 g/mol. The van der Waals surface area contributed by atoms with E-state index in [1.807, 2.05) is 0 Å². The number of hydrazone groups is 1. The van der Waals surface area contributed by atoms with Crippen LogP contribution in [-0.2, 0) is 4.79 Å². The molecule has 2 aliphatic heterocycles. The van der Waals surface area contributed by atoms with Gasteiger partial charge in [-0.05, 0) is 50.9 Å². The Labute approximate surface area is 161 Å². The SMILES string of the molecule is Cc1ccc([C@@H]2CC(c3cccc(C)c3)=NN2C(=O)CN2CCCC2)cc1. The van der Waals surface area contributed by atoms with E-state index >= 15 is 0 Å². The van der Waals surface area contributed by atoms with Crippen LogP contribution in [0.15, 0.2) is 53.6 Å². The first-order chi connectivity index (χ1) is 13.1. The predicted molar refractivity (Wildman–Crippen MR) is 109 cm³/mol. The van der Waals surface area contributed by atoms with Crippen LogP contribution in [0.1, 0.15) is 47.6 Å². The first-order valence-corrected chi connectivity index (χ1v) is 9.85. The second-order valence-corrected chi connectivity index (χ2v) is 7.77. The molecule has 4 rings (SSSR count). The van der Waals surface area contributed by atoms with Gasteiger partial charge in [0.15, 0.2) is 0 Å². The Hall–Kier alpha value is -2.46. The molecule has 0 aliphatic carbocycles. The van der Waals surface area contributed by atoms with Gasteiger partial charge in [0.2, 0.25) is 0 Å². The highest BCUT2D eigenvalue weighted by molar-refractivity contribution is 6.03. The van der Waals surface area contributed by atoms with Crippen LogP contribution in [0.25, 0.3) is 0 Å². The summed E-state index contributed by atoms with van der Waals surface area (Å²) in [4.78, 5) is 15.3. The lowest BCUT2D eigenvalue weighted by atomic mass is 9.97. The molecule has 2 aromatic rings. The molecule has 0 saturated carbocycles. The van der Waals surface area contributed by atoms with Crippen molar-refractivity contribution in [3.05, 3.63) is 70.8 Å². The molecule has 4 heteroatoms. The van der Waals surface area contributed by atoms with Crippen molar-refractivity contribution >= 4 is 11.6 Å². The molecule has 0 N–H and O–H groups in total. The standard InChI is InChI=1S/C23H27N3O/c1-17-8-10-19(11-9-17)22-15-21(20-7-5-6-18(2)14-20)24-26(22)23(27)16-25-12-3-4-13-25/h5-11,14,22H,3-4,12-13,15-16H2,1-2H3/t22-/m0/s1. The number of hydrogen-bond donors (Lipinski definition) is 0. The van der Waals surface area contributed by atoms with Gasteiger partial charge in [-0.25, -0.2) is 5.01 Å². The summed E-state index contributed by atoms with van der Waals surface area (Å²) in [5.41, 5.74) is 5.71. The average molecular weight is 361 g/mol. The highest BCUT2D eigenvalue weighted by atomic mass is 16.2. The summed E-state index contributed by atoms with van der Waals surface area (Å²) in [6, 6.07) is 16.9. The summed E-state index contributed by atoms with van der Waals surface area (Å²) >= 11 is 0. The minimum absolute atomic E-state index is 0.0174. The van der Waals surface area contributed by atoms with E-state index in [9.17, 15) is 4.79 Å². The number of carbonyl (C=O) groups excluding carboxylic acids is 1. The minimum Gasteiger partial charge on any atom is -0.294 e.